The largest absolute Gasteiger partial charge is 0.507 e. The van der Waals surface area contributed by atoms with E-state index in [9.17, 15) is 23.1 Å². The fraction of sp³-hybridized carbons (Fsp3) is 0.333. The lowest BCUT2D eigenvalue weighted by Crippen LogP contribution is -2.32. The standard InChI is InChI=1S/C24H28ClN3O5S/c1-26(2)14-5-15-28-21(16-6-10-18(25)11-7-16)20(23(30)24(28)31)22(29)17-8-12-19(13-9-17)34(32,33)27(3)4/h6-13,21,29H,5,14-15H2,1-4H3/b22-20+. The van der Waals surface area contributed by atoms with Crippen molar-refractivity contribution in [3.63, 3.8) is 0 Å². The Labute approximate surface area is 205 Å². The molecule has 0 aliphatic carbocycles. The first kappa shape index (κ1) is 25.9. The molecule has 2 aromatic carbocycles. The van der Waals surface area contributed by atoms with Gasteiger partial charge in [0.25, 0.3) is 11.7 Å². The van der Waals surface area contributed by atoms with Crippen LogP contribution in [0.5, 0.6) is 0 Å². The number of ketones is 1. The lowest BCUT2D eigenvalue weighted by atomic mass is 9.95. The van der Waals surface area contributed by atoms with Crippen LogP contribution < -0.4 is 0 Å². The zero-order valence-corrected chi connectivity index (χ0v) is 21.1. The molecule has 0 spiro atoms. The number of rotatable bonds is 8. The van der Waals surface area contributed by atoms with Crippen molar-refractivity contribution >= 4 is 39.1 Å². The summed E-state index contributed by atoms with van der Waals surface area (Å²) in [6.45, 7) is 1.05. The van der Waals surface area contributed by atoms with Crippen molar-refractivity contribution in [1.29, 1.82) is 0 Å². The second kappa shape index (κ2) is 10.3. The summed E-state index contributed by atoms with van der Waals surface area (Å²) in [4.78, 5) is 29.5. The highest BCUT2D eigenvalue weighted by Crippen LogP contribution is 2.39. The maximum Gasteiger partial charge on any atom is 0.295 e. The molecule has 1 fully saturated rings. The third-order valence-electron chi connectivity index (χ3n) is 5.64. The molecule has 1 atom stereocenters. The number of hydrogen-bond acceptors (Lipinski definition) is 6. The fourth-order valence-corrected chi connectivity index (χ4v) is 4.84. The zero-order chi connectivity index (χ0) is 25.2. The van der Waals surface area contributed by atoms with Gasteiger partial charge in [-0.15, -0.1) is 0 Å². The van der Waals surface area contributed by atoms with Gasteiger partial charge in [-0.3, -0.25) is 9.59 Å². The van der Waals surface area contributed by atoms with E-state index in [1.54, 1.807) is 24.3 Å². The molecule has 34 heavy (non-hydrogen) atoms. The van der Waals surface area contributed by atoms with Crippen LogP contribution in [0.4, 0.5) is 0 Å². The van der Waals surface area contributed by atoms with Gasteiger partial charge in [-0.25, -0.2) is 12.7 Å². The van der Waals surface area contributed by atoms with E-state index < -0.39 is 27.8 Å². The number of amides is 1. The quantitative estimate of drug-likeness (QED) is 0.336. The molecule has 1 saturated heterocycles. The van der Waals surface area contributed by atoms with Gasteiger partial charge in [0.05, 0.1) is 16.5 Å². The summed E-state index contributed by atoms with van der Waals surface area (Å²) < 4.78 is 25.8. The van der Waals surface area contributed by atoms with Crippen LogP contribution in [-0.4, -0.2) is 80.6 Å². The first-order chi connectivity index (χ1) is 15.9. The Bertz CT molecular complexity index is 1210. The Morgan fingerprint density at radius 3 is 2.12 bits per heavy atom. The molecule has 1 unspecified atom stereocenters. The van der Waals surface area contributed by atoms with Gasteiger partial charge in [0, 0.05) is 31.2 Å². The van der Waals surface area contributed by atoms with Gasteiger partial charge in [0.2, 0.25) is 10.0 Å². The summed E-state index contributed by atoms with van der Waals surface area (Å²) >= 11 is 6.03. The van der Waals surface area contributed by atoms with E-state index in [1.165, 1.54) is 43.3 Å². The first-order valence-electron chi connectivity index (χ1n) is 10.7. The maximum absolute atomic E-state index is 13.0. The molecule has 2 aromatic rings. The number of halogens is 1. The molecular formula is C24H28ClN3O5S. The van der Waals surface area contributed by atoms with E-state index in [0.717, 1.165) is 10.8 Å². The molecule has 182 valence electrons. The van der Waals surface area contributed by atoms with Crippen molar-refractivity contribution in [2.75, 3.05) is 41.3 Å². The number of benzene rings is 2. The topological polar surface area (TPSA) is 98.2 Å². The minimum absolute atomic E-state index is 0.0413. The molecule has 8 nitrogen and oxygen atoms in total. The number of hydrogen-bond donors (Lipinski definition) is 1. The van der Waals surface area contributed by atoms with Gasteiger partial charge in [0.1, 0.15) is 5.76 Å². The van der Waals surface area contributed by atoms with Gasteiger partial charge in [-0.05, 0) is 69.0 Å². The van der Waals surface area contributed by atoms with Crippen LogP contribution in [0.2, 0.25) is 5.02 Å². The third-order valence-corrected chi connectivity index (χ3v) is 7.72. The summed E-state index contributed by atoms with van der Waals surface area (Å²) in [7, 11) is 3.04. The van der Waals surface area contributed by atoms with E-state index in [4.69, 9.17) is 11.6 Å². The average Bonchev–Trinajstić information content (AvgIpc) is 3.04. The summed E-state index contributed by atoms with van der Waals surface area (Å²) in [5.41, 5.74) is 0.838. The Morgan fingerprint density at radius 1 is 1.00 bits per heavy atom. The van der Waals surface area contributed by atoms with Gasteiger partial charge < -0.3 is 14.9 Å². The Kier molecular flexibility index (Phi) is 7.82. The average molecular weight is 506 g/mol. The van der Waals surface area contributed by atoms with Crippen LogP contribution in [0, 0.1) is 0 Å². The molecule has 0 saturated carbocycles. The van der Waals surface area contributed by atoms with E-state index in [-0.39, 0.29) is 21.8 Å². The Hall–Kier alpha value is -2.72. The molecule has 0 radical (unpaired) electrons. The highest BCUT2D eigenvalue weighted by atomic mass is 35.5. The fourth-order valence-electron chi connectivity index (χ4n) is 3.81. The van der Waals surface area contributed by atoms with Crippen LogP contribution in [-0.2, 0) is 19.6 Å². The number of nitrogens with zero attached hydrogens (tertiary/aromatic N) is 3. The number of carbonyl (C=O) groups is 2. The van der Waals surface area contributed by atoms with Crippen molar-refractivity contribution in [2.45, 2.75) is 17.4 Å². The number of aliphatic hydroxyl groups is 1. The van der Waals surface area contributed by atoms with Crippen LogP contribution in [0.25, 0.3) is 5.76 Å². The number of sulfonamides is 1. The summed E-state index contributed by atoms with van der Waals surface area (Å²) in [6, 6.07) is 11.5. The van der Waals surface area contributed by atoms with Crippen molar-refractivity contribution in [3.8, 4) is 0 Å². The molecular weight excluding hydrogens is 478 g/mol. The second-order valence-corrected chi connectivity index (χ2v) is 11.1. The van der Waals surface area contributed by atoms with Crippen molar-refractivity contribution in [1.82, 2.24) is 14.1 Å². The number of likely N-dealkylation sites (tertiary alicyclic amines) is 1. The summed E-state index contributed by atoms with van der Waals surface area (Å²) in [5.74, 6) is -1.83. The van der Waals surface area contributed by atoms with Crippen LogP contribution in [0.1, 0.15) is 23.6 Å². The monoisotopic (exact) mass is 505 g/mol. The molecule has 0 aromatic heterocycles. The molecule has 1 N–H and O–H groups in total. The van der Waals surface area contributed by atoms with Crippen molar-refractivity contribution in [2.24, 2.45) is 0 Å². The summed E-state index contributed by atoms with van der Waals surface area (Å²) in [5, 5.41) is 11.6. The molecule has 10 heteroatoms. The molecule has 3 rings (SSSR count). The highest BCUT2D eigenvalue weighted by molar-refractivity contribution is 7.89. The van der Waals surface area contributed by atoms with Gasteiger partial charge in [-0.2, -0.15) is 0 Å². The number of aliphatic hydroxyl groups excluding tert-OH is 1. The smallest absolute Gasteiger partial charge is 0.295 e. The van der Waals surface area contributed by atoms with Crippen LogP contribution in [0.15, 0.2) is 59.0 Å². The van der Waals surface area contributed by atoms with Gasteiger partial charge in [-0.1, -0.05) is 23.7 Å². The Morgan fingerprint density at radius 2 is 1.59 bits per heavy atom. The van der Waals surface area contributed by atoms with E-state index in [1.807, 2.05) is 19.0 Å². The molecule has 1 amide bonds. The van der Waals surface area contributed by atoms with E-state index in [0.29, 0.717) is 23.6 Å². The van der Waals surface area contributed by atoms with Crippen molar-refractivity contribution in [3.05, 3.63) is 70.3 Å². The lowest BCUT2D eigenvalue weighted by molar-refractivity contribution is -0.139. The second-order valence-electron chi connectivity index (χ2n) is 8.51. The summed E-state index contributed by atoms with van der Waals surface area (Å²) in [6.07, 6.45) is 0.640. The predicted molar refractivity (Wildman–Crippen MR) is 131 cm³/mol. The number of carbonyl (C=O) groups excluding carboxylic acids is 2. The normalized spacial score (nSPS) is 18.3. The van der Waals surface area contributed by atoms with Crippen LogP contribution in [0.3, 0.4) is 0 Å². The zero-order valence-electron chi connectivity index (χ0n) is 19.5. The van der Waals surface area contributed by atoms with E-state index >= 15 is 0 Å². The van der Waals surface area contributed by atoms with Gasteiger partial charge >= 0.3 is 0 Å². The molecule has 1 aliphatic rings. The molecule has 1 aliphatic heterocycles. The lowest BCUT2D eigenvalue weighted by Gasteiger charge is -2.26. The molecule has 1 heterocycles. The molecule has 0 bridgehead atoms. The van der Waals surface area contributed by atoms with Crippen molar-refractivity contribution < 1.29 is 23.1 Å². The van der Waals surface area contributed by atoms with Crippen LogP contribution >= 0.6 is 11.6 Å². The Balaban J connectivity index is 2.08. The van der Waals surface area contributed by atoms with Gasteiger partial charge in [0.15, 0.2) is 0 Å². The highest BCUT2D eigenvalue weighted by Gasteiger charge is 2.45. The predicted octanol–water partition coefficient (Wildman–Crippen LogP) is 2.96. The third kappa shape index (κ3) is 5.17. The SMILES string of the molecule is CN(C)CCCN1C(=O)C(=O)/C(=C(/O)c2ccc(S(=O)(=O)N(C)C)cc2)C1c1ccc(Cl)cc1. The minimum Gasteiger partial charge on any atom is -0.507 e. The number of Topliss-reactive ketones (excluding diaryl/α,β-unsaturated/α-hetero) is 1. The maximum atomic E-state index is 13.0. The minimum atomic E-state index is -3.65. The first-order valence-corrected chi connectivity index (χ1v) is 12.5. The van der Waals surface area contributed by atoms with E-state index in [2.05, 4.69) is 0 Å².